The second kappa shape index (κ2) is 18.3. The number of fused-ring (bicyclic) bond motifs is 4. The first-order valence-electron chi connectivity index (χ1n) is 20.2. The molecule has 0 bridgehead atoms. The maximum Gasteiger partial charge on any atom is 0.460 e. The summed E-state index contributed by atoms with van der Waals surface area (Å²) in [5.41, 5.74) is -0.165. The molecule has 8 aromatic rings. The van der Waals surface area contributed by atoms with Gasteiger partial charge in [-0.15, -0.1) is 0 Å². The molecule has 1 heterocycles. The van der Waals surface area contributed by atoms with E-state index in [9.17, 15) is 50.0 Å². The van der Waals surface area contributed by atoms with Gasteiger partial charge in [-0.05, 0) is 57.6 Å². The molecule has 0 saturated carbocycles. The van der Waals surface area contributed by atoms with Crippen LogP contribution in [0.5, 0.6) is 5.75 Å². The number of aromatic nitrogens is 1. The fraction of sp³-hybridized carbons (Fsp3) is 0.115. The number of hydrogen-bond donors (Lipinski definition) is 1. The van der Waals surface area contributed by atoms with Crippen molar-refractivity contribution in [1.82, 2.24) is 4.57 Å². The van der Waals surface area contributed by atoms with E-state index in [0.29, 0.717) is 22.3 Å². The summed E-state index contributed by atoms with van der Waals surface area (Å²) in [7, 11) is -2.78. The largest absolute Gasteiger partial charge is 0.506 e. The third-order valence-electron chi connectivity index (χ3n) is 11.7. The molecule has 0 spiro atoms. The SMILES string of the molecule is CC1(C)c2ccccc2-c2cc3c(O)c(C(=O)C(F)(F)C(F)(F)C(F)(F)F)c(=O)n(-c4ccc(-c5ccccc5)cc4)c3cc21.O=P(c1ccccc1)(c1ccccc1)c1ccccc1.[Eu]. The van der Waals surface area contributed by atoms with Crippen LogP contribution in [-0.4, -0.2) is 33.5 Å². The van der Waals surface area contributed by atoms with Gasteiger partial charge in [0, 0.05) is 81.8 Å². The second-order valence-electron chi connectivity index (χ2n) is 16.0. The van der Waals surface area contributed by atoms with Crippen LogP contribution in [0.4, 0.5) is 30.7 Å². The summed E-state index contributed by atoms with van der Waals surface area (Å²) >= 11 is 0. The summed E-state index contributed by atoms with van der Waals surface area (Å²) in [6.45, 7) is 3.80. The minimum absolute atomic E-state index is 0. The van der Waals surface area contributed by atoms with Crippen LogP contribution in [0.1, 0.15) is 35.3 Å². The van der Waals surface area contributed by atoms with Gasteiger partial charge in [0.1, 0.15) is 11.3 Å². The Bertz CT molecular complexity index is 3080. The molecule has 9 rings (SSSR count). The van der Waals surface area contributed by atoms with Gasteiger partial charge in [0.15, 0.2) is 7.14 Å². The van der Waals surface area contributed by atoms with Crippen molar-refractivity contribution in [1.29, 1.82) is 0 Å². The molecule has 0 atom stereocenters. The Kier molecular flexibility index (Phi) is 13.5. The molecular weight excluding hydrogens is 1020 g/mol. The number of hydrogen-bond acceptors (Lipinski definition) is 4. The van der Waals surface area contributed by atoms with E-state index in [1.54, 1.807) is 60.7 Å². The molecule has 1 aliphatic rings. The van der Waals surface area contributed by atoms with E-state index >= 15 is 0 Å². The number of pyridine rings is 1. The van der Waals surface area contributed by atoms with Crippen molar-refractivity contribution in [2.45, 2.75) is 37.3 Å². The summed E-state index contributed by atoms with van der Waals surface area (Å²) < 4.78 is 111. The average molecular weight is 1060 g/mol. The first kappa shape index (κ1) is 48.5. The molecule has 0 aliphatic heterocycles. The van der Waals surface area contributed by atoms with Crippen molar-refractivity contribution in [2.75, 3.05) is 0 Å². The van der Waals surface area contributed by atoms with Crippen LogP contribution in [0.2, 0.25) is 0 Å². The number of aromatic hydroxyl groups is 1. The number of nitrogens with zero attached hydrogens (tertiary/aromatic N) is 1. The zero-order valence-corrected chi connectivity index (χ0v) is 38.2. The molecular formula is C52H37EuF7NO4P. The van der Waals surface area contributed by atoms with Gasteiger partial charge in [0.25, 0.3) is 5.56 Å². The molecule has 0 saturated heterocycles. The van der Waals surface area contributed by atoms with E-state index in [-0.39, 0.29) is 66.0 Å². The molecule has 0 amide bonds. The fourth-order valence-electron chi connectivity index (χ4n) is 8.30. The number of alkyl halides is 7. The summed E-state index contributed by atoms with van der Waals surface area (Å²) in [5, 5.41) is 13.4. The van der Waals surface area contributed by atoms with E-state index in [4.69, 9.17) is 0 Å². The minimum atomic E-state index is -6.84. The quantitative estimate of drug-likeness (QED) is 0.0935. The monoisotopic (exact) mass is 1060 g/mol. The van der Waals surface area contributed by atoms with Crippen LogP contribution in [0.3, 0.4) is 0 Å². The van der Waals surface area contributed by atoms with E-state index < -0.39 is 53.2 Å². The Morgan fingerprint density at radius 3 is 1.50 bits per heavy atom. The molecule has 14 heteroatoms. The van der Waals surface area contributed by atoms with Gasteiger partial charge in [-0.2, -0.15) is 30.7 Å². The Morgan fingerprint density at radius 2 is 1.02 bits per heavy atom. The van der Waals surface area contributed by atoms with Gasteiger partial charge in [0.05, 0.1) is 5.52 Å². The predicted molar refractivity (Wildman–Crippen MR) is 240 cm³/mol. The number of Topliss-reactive ketones (excluding diaryl/α,β-unsaturated/α-hetero) is 1. The molecule has 335 valence electrons. The molecule has 5 nitrogen and oxygen atoms in total. The van der Waals surface area contributed by atoms with E-state index in [1.165, 1.54) is 24.3 Å². The van der Waals surface area contributed by atoms with Crippen LogP contribution in [0.15, 0.2) is 187 Å². The molecule has 7 aromatic carbocycles. The average Bonchev–Trinajstić information content (AvgIpc) is 3.54. The maximum absolute atomic E-state index is 14.8. The Balaban J connectivity index is 0.000000257. The van der Waals surface area contributed by atoms with Gasteiger partial charge in [-0.3, -0.25) is 14.2 Å². The first-order chi connectivity index (χ1) is 30.8. The van der Waals surface area contributed by atoms with E-state index in [2.05, 4.69) is 0 Å². The smallest absolute Gasteiger partial charge is 0.460 e. The minimum Gasteiger partial charge on any atom is -0.506 e. The standard InChI is InChI=1S/C34H22F7NO3.C18H15OP.Eu/c1-31(2)24-11-7-6-10-21(24)22-16-23-26(17-25(22)31)42(20-14-12-19(13-15-20)18-8-4-3-5-9-18)30(45)27(28(23)43)29(44)32(35,36)33(37,38)34(39,40)41;19-20(16-10-4-1-5-11-16,17-12-6-2-7-13-17)18-14-8-3-9-15-18;/h3-17,43H,1-2H3;1-15H;. The predicted octanol–water partition coefficient (Wildman–Crippen LogP) is 12.0. The molecule has 0 unspecified atom stereocenters. The van der Waals surface area contributed by atoms with Crippen molar-refractivity contribution >= 4 is 39.7 Å². The third kappa shape index (κ3) is 8.22. The van der Waals surface area contributed by atoms with Crippen molar-refractivity contribution in [2.24, 2.45) is 0 Å². The number of carbonyl (C=O) groups is 1. The summed E-state index contributed by atoms with van der Waals surface area (Å²) in [6, 6.07) is 54.1. The van der Waals surface area contributed by atoms with Crippen LogP contribution in [0.25, 0.3) is 38.8 Å². The summed E-state index contributed by atoms with van der Waals surface area (Å²) in [5.74, 6) is -17.9. The van der Waals surface area contributed by atoms with Crippen molar-refractivity contribution < 1.29 is 94.6 Å². The normalized spacial score (nSPS) is 13.2. The zero-order valence-electron chi connectivity index (χ0n) is 34.9. The van der Waals surface area contributed by atoms with Crippen LogP contribution in [0, 0.1) is 49.4 Å². The van der Waals surface area contributed by atoms with Crippen molar-refractivity contribution in [3.63, 3.8) is 0 Å². The van der Waals surface area contributed by atoms with Gasteiger partial charge in [0.2, 0.25) is 5.78 Å². The van der Waals surface area contributed by atoms with Gasteiger partial charge >= 0.3 is 18.0 Å². The first-order valence-corrected chi connectivity index (χ1v) is 21.9. The topological polar surface area (TPSA) is 76.4 Å². The van der Waals surface area contributed by atoms with Crippen LogP contribution in [-0.2, 0) is 9.98 Å². The maximum atomic E-state index is 14.8. The number of ketones is 1. The van der Waals surface area contributed by atoms with Gasteiger partial charge in [-0.25, -0.2) is 0 Å². The second-order valence-corrected chi connectivity index (χ2v) is 18.7. The molecule has 1 aliphatic carbocycles. The van der Waals surface area contributed by atoms with Crippen LogP contribution >= 0.6 is 7.14 Å². The molecule has 66 heavy (non-hydrogen) atoms. The Morgan fingerprint density at radius 1 is 0.576 bits per heavy atom. The number of halogens is 7. The number of carbonyl (C=O) groups excluding carboxylic acids is 1. The zero-order chi connectivity index (χ0) is 46.5. The molecule has 1 radical (unpaired) electrons. The summed E-state index contributed by atoms with van der Waals surface area (Å²) in [6.07, 6.45) is -6.83. The number of rotatable bonds is 8. The molecule has 1 aromatic heterocycles. The molecule has 1 N–H and O–H groups in total. The fourth-order valence-corrected chi connectivity index (χ4v) is 11.0. The number of benzene rings is 7. The Hall–Kier alpha value is -5.46. The van der Waals surface area contributed by atoms with Crippen LogP contribution < -0.4 is 21.5 Å². The van der Waals surface area contributed by atoms with E-state index in [1.807, 2.05) is 111 Å². The van der Waals surface area contributed by atoms with Gasteiger partial charge < -0.3 is 9.67 Å². The van der Waals surface area contributed by atoms with Crippen molar-refractivity contribution in [3.8, 4) is 33.7 Å². The van der Waals surface area contributed by atoms with Gasteiger partial charge in [-0.1, -0.05) is 172 Å². The molecule has 0 fully saturated rings. The van der Waals surface area contributed by atoms with Crippen molar-refractivity contribution in [3.05, 3.63) is 209 Å². The Labute approximate surface area is 415 Å². The summed E-state index contributed by atoms with van der Waals surface area (Å²) in [4.78, 5) is 26.7. The third-order valence-corrected chi connectivity index (χ3v) is 14.8. The van der Waals surface area contributed by atoms with E-state index in [0.717, 1.165) is 31.6 Å².